The van der Waals surface area contributed by atoms with Crippen molar-refractivity contribution in [2.45, 2.75) is 33.2 Å². The molecule has 0 saturated heterocycles. The molecule has 6 nitrogen and oxygen atoms in total. The van der Waals surface area contributed by atoms with E-state index in [4.69, 9.17) is 10.5 Å². The van der Waals surface area contributed by atoms with Crippen LogP contribution in [0.3, 0.4) is 0 Å². The highest BCUT2D eigenvalue weighted by Crippen LogP contribution is 2.23. The average Bonchev–Trinajstić information content (AvgIpc) is 2.24. The van der Waals surface area contributed by atoms with Crippen LogP contribution >= 0.6 is 0 Å². The number of carbonyl (C=O) groups is 1. The number of nitrogens with zero attached hydrogens (tertiary/aromatic N) is 2. The van der Waals surface area contributed by atoms with Gasteiger partial charge in [0.05, 0.1) is 12.2 Å². The number of hydrogen-bond acceptors (Lipinski definition) is 5. The van der Waals surface area contributed by atoms with Gasteiger partial charge in [-0.3, -0.25) is 4.79 Å². The standard InChI is InChI=1S/C11H18N4O2/c1-5-17-9-7(2)8(13-6-14-9)15-11(3,4)10(12)16/h6H,5H2,1-4H3,(H2,12,16)(H,13,14,15). The van der Waals surface area contributed by atoms with E-state index in [-0.39, 0.29) is 0 Å². The van der Waals surface area contributed by atoms with Gasteiger partial charge < -0.3 is 15.8 Å². The molecule has 0 saturated carbocycles. The number of nitrogens with one attached hydrogen (secondary N) is 1. The van der Waals surface area contributed by atoms with Crippen molar-refractivity contribution < 1.29 is 9.53 Å². The maximum absolute atomic E-state index is 11.2. The van der Waals surface area contributed by atoms with Gasteiger partial charge in [0.15, 0.2) is 0 Å². The third-order valence-corrected chi connectivity index (χ3v) is 2.37. The quantitative estimate of drug-likeness (QED) is 0.794. The number of ether oxygens (including phenoxy) is 1. The number of aromatic nitrogens is 2. The normalized spacial score (nSPS) is 11.1. The Bertz CT molecular complexity index is 418. The molecule has 0 aromatic carbocycles. The van der Waals surface area contributed by atoms with Crippen molar-refractivity contribution in [2.24, 2.45) is 5.73 Å². The molecule has 0 unspecified atom stereocenters. The summed E-state index contributed by atoms with van der Waals surface area (Å²) in [5, 5.41) is 2.98. The zero-order valence-electron chi connectivity index (χ0n) is 10.6. The Hall–Kier alpha value is -1.85. The molecule has 1 rings (SSSR count). The Labute approximate surface area is 101 Å². The van der Waals surface area contributed by atoms with Gasteiger partial charge in [-0.25, -0.2) is 9.97 Å². The largest absolute Gasteiger partial charge is 0.478 e. The molecule has 1 heterocycles. The second-order valence-corrected chi connectivity index (χ2v) is 4.20. The predicted molar refractivity (Wildman–Crippen MR) is 64.8 cm³/mol. The highest BCUT2D eigenvalue weighted by Gasteiger charge is 2.26. The minimum atomic E-state index is -0.872. The second kappa shape index (κ2) is 4.99. The molecule has 0 spiro atoms. The summed E-state index contributed by atoms with van der Waals surface area (Å²) >= 11 is 0. The smallest absolute Gasteiger partial charge is 0.242 e. The zero-order chi connectivity index (χ0) is 13.1. The third kappa shape index (κ3) is 3.05. The predicted octanol–water partition coefficient (Wildman–Crippen LogP) is 0.860. The molecule has 17 heavy (non-hydrogen) atoms. The van der Waals surface area contributed by atoms with E-state index in [1.807, 2.05) is 13.8 Å². The molecule has 0 aliphatic carbocycles. The molecular weight excluding hydrogens is 220 g/mol. The van der Waals surface area contributed by atoms with E-state index in [1.54, 1.807) is 13.8 Å². The third-order valence-electron chi connectivity index (χ3n) is 2.37. The Kier molecular flexibility index (Phi) is 3.88. The van der Waals surface area contributed by atoms with Gasteiger partial charge in [0, 0.05) is 0 Å². The van der Waals surface area contributed by atoms with Crippen LogP contribution in [0.4, 0.5) is 5.82 Å². The first-order valence-corrected chi connectivity index (χ1v) is 5.41. The van der Waals surface area contributed by atoms with Gasteiger partial charge in [0.25, 0.3) is 0 Å². The summed E-state index contributed by atoms with van der Waals surface area (Å²) in [5.41, 5.74) is 5.17. The fraction of sp³-hybridized carbons (Fsp3) is 0.545. The molecule has 0 aliphatic heterocycles. The lowest BCUT2D eigenvalue weighted by molar-refractivity contribution is -0.121. The van der Waals surface area contributed by atoms with E-state index in [2.05, 4.69) is 15.3 Å². The summed E-state index contributed by atoms with van der Waals surface area (Å²) in [4.78, 5) is 19.3. The summed E-state index contributed by atoms with van der Waals surface area (Å²) in [7, 11) is 0. The molecule has 0 aliphatic rings. The van der Waals surface area contributed by atoms with Crippen LogP contribution in [0.15, 0.2) is 6.33 Å². The van der Waals surface area contributed by atoms with Crippen molar-refractivity contribution in [3.05, 3.63) is 11.9 Å². The lowest BCUT2D eigenvalue weighted by Crippen LogP contribution is -2.45. The molecule has 0 fully saturated rings. The molecule has 1 aromatic heterocycles. The highest BCUT2D eigenvalue weighted by atomic mass is 16.5. The molecule has 0 atom stereocenters. The van der Waals surface area contributed by atoms with Crippen LogP contribution in [0, 0.1) is 6.92 Å². The van der Waals surface area contributed by atoms with E-state index in [9.17, 15) is 4.79 Å². The maximum Gasteiger partial charge on any atom is 0.242 e. The second-order valence-electron chi connectivity index (χ2n) is 4.20. The monoisotopic (exact) mass is 238 g/mol. The Morgan fingerprint density at radius 1 is 1.53 bits per heavy atom. The van der Waals surface area contributed by atoms with Gasteiger partial charge in [-0.2, -0.15) is 0 Å². The van der Waals surface area contributed by atoms with Crippen LogP contribution in [0.2, 0.25) is 0 Å². The number of amides is 1. The SMILES string of the molecule is CCOc1ncnc(NC(C)(C)C(N)=O)c1C. The lowest BCUT2D eigenvalue weighted by atomic mass is 10.1. The van der Waals surface area contributed by atoms with E-state index >= 15 is 0 Å². The Balaban J connectivity index is 2.99. The molecule has 94 valence electrons. The molecule has 1 amide bonds. The molecule has 3 N–H and O–H groups in total. The van der Waals surface area contributed by atoms with Crippen molar-refractivity contribution in [2.75, 3.05) is 11.9 Å². The topological polar surface area (TPSA) is 90.1 Å². The first kappa shape index (κ1) is 13.2. The first-order valence-electron chi connectivity index (χ1n) is 5.41. The molecule has 1 aromatic rings. The minimum Gasteiger partial charge on any atom is -0.478 e. The van der Waals surface area contributed by atoms with Crippen LogP contribution in [-0.2, 0) is 4.79 Å². The Morgan fingerprint density at radius 3 is 2.71 bits per heavy atom. The van der Waals surface area contributed by atoms with Crippen LogP contribution in [0.1, 0.15) is 26.3 Å². The number of carbonyl (C=O) groups excluding carboxylic acids is 1. The van der Waals surface area contributed by atoms with Crippen molar-refractivity contribution in [3.63, 3.8) is 0 Å². The van der Waals surface area contributed by atoms with Gasteiger partial charge in [-0.15, -0.1) is 0 Å². The van der Waals surface area contributed by atoms with Crippen LogP contribution < -0.4 is 15.8 Å². The zero-order valence-corrected chi connectivity index (χ0v) is 10.6. The van der Waals surface area contributed by atoms with Crippen molar-refractivity contribution in [1.82, 2.24) is 9.97 Å². The fourth-order valence-corrected chi connectivity index (χ4v) is 1.20. The summed E-state index contributed by atoms with van der Waals surface area (Å²) < 4.78 is 5.34. The number of primary amides is 1. The maximum atomic E-state index is 11.2. The van der Waals surface area contributed by atoms with Gasteiger partial charge >= 0.3 is 0 Å². The van der Waals surface area contributed by atoms with Crippen molar-refractivity contribution in [1.29, 1.82) is 0 Å². The fourth-order valence-electron chi connectivity index (χ4n) is 1.20. The number of rotatable bonds is 5. The van der Waals surface area contributed by atoms with Crippen molar-refractivity contribution in [3.8, 4) is 5.88 Å². The average molecular weight is 238 g/mol. The summed E-state index contributed by atoms with van der Waals surface area (Å²) in [5.74, 6) is 0.603. The van der Waals surface area contributed by atoms with Crippen LogP contribution in [-0.4, -0.2) is 28.0 Å². The van der Waals surface area contributed by atoms with Gasteiger partial charge in [0.2, 0.25) is 11.8 Å². The van der Waals surface area contributed by atoms with E-state index < -0.39 is 11.4 Å². The minimum absolute atomic E-state index is 0.450. The van der Waals surface area contributed by atoms with Crippen LogP contribution in [0.25, 0.3) is 0 Å². The highest BCUT2D eigenvalue weighted by molar-refractivity contribution is 5.86. The van der Waals surface area contributed by atoms with Gasteiger partial charge in [-0.05, 0) is 27.7 Å². The van der Waals surface area contributed by atoms with E-state index in [1.165, 1.54) is 6.33 Å². The lowest BCUT2D eigenvalue weighted by Gasteiger charge is -2.24. The molecular formula is C11H18N4O2. The van der Waals surface area contributed by atoms with Gasteiger partial charge in [-0.1, -0.05) is 0 Å². The summed E-state index contributed by atoms with van der Waals surface area (Å²) in [6, 6.07) is 0. The molecule has 6 heteroatoms. The number of hydrogen-bond donors (Lipinski definition) is 2. The number of anilines is 1. The Morgan fingerprint density at radius 2 is 2.18 bits per heavy atom. The van der Waals surface area contributed by atoms with Crippen LogP contribution in [0.5, 0.6) is 5.88 Å². The molecule has 0 radical (unpaired) electrons. The first-order chi connectivity index (χ1) is 7.88. The van der Waals surface area contributed by atoms with E-state index in [0.717, 1.165) is 5.56 Å². The summed E-state index contributed by atoms with van der Waals surface area (Å²) in [6.07, 6.45) is 1.39. The molecule has 0 bridgehead atoms. The van der Waals surface area contributed by atoms with Gasteiger partial charge in [0.1, 0.15) is 17.7 Å². The van der Waals surface area contributed by atoms with Crippen molar-refractivity contribution >= 4 is 11.7 Å². The summed E-state index contributed by atoms with van der Waals surface area (Å²) in [6.45, 7) is 7.61. The van der Waals surface area contributed by atoms with E-state index in [0.29, 0.717) is 18.3 Å². The number of nitrogens with two attached hydrogens (primary N) is 1.